The fourth-order valence-corrected chi connectivity index (χ4v) is 4.79. The van der Waals surface area contributed by atoms with Gasteiger partial charge in [-0.25, -0.2) is 17.9 Å². The number of hydrogen-bond acceptors (Lipinski definition) is 4. The van der Waals surface area contributed by atoms with E-state index >= 15 is 0 Å². The number of sulfonamides is 1. The van der Waals surface area contributed by atoms with E-state index in [0.717, 1.165) is 32.1 Å². The molecule has 0 heterocycles. The first kappa shape index (κ1) is 18.8. The van der Waals surface area contributed by atoms with E-state index in [-0.39, 0.29) is 16.5 Å². The van der Waals surface area contributed by atoms with E-state index in [2.05, 4.69) is 4.72 Å². The van der Waals surface area contributed by atoms with Crippen molar-refractivity contribution in [2.24, 2.45) is 0 Å². The lowest BCUT2D eigenvalue weighted by molar-refractivity contribution is -0.151. The van der Waals surface area contributed by atoms with Gasteiger partial charge in [-0.1, -0.05) is 19.3 Å². The molecule has 2 aliphatic carbocycles. The van der Waals surface area contributed by atoms with E-state index in [4.69, 9.17) is 0 Å². The number of carbonyl (C=O) groups is 2. The van der Waals surface area contributed by atoms with Crippen LogP contribution in [0.15, 0.2) is 29.2 Å². The highest BCUT2D eigenvalue weighted by Gasteiger charge is 2.45. The summed E-state index contributed by atoms with van der Waals surface area (Å²) in [5, 5.41) is 9.71. The van der Waals surface area contributed by atoms with Crippen molar-refractivity contribution in [1.82, 2.24) is 9.62 Å². The molecule has 0 radical (unpaired) electrons. The molecule has 3 rings (SSSR count). The highest BCUT2D eigenvalue weighted by molar-refractivity contribution is 7.89. The predicted molar refractivity (Wildman–Crippen MR) is 95.3 cm³/mol. The SMILES string of the molecule is CN(C(=O)c1ccc(S(=O)(=O)NC2CC2)cc1)C1(C(=O)O)CCCCC1. The van der Waals surface area contributed by atoms with Gasteiger partial charge in [-0.2, -0.15) is 0 Å². The molecule has 2 aliphatic rings. The summed E-state index contributed by atoms with van der Waals surface area (Å²) < 4.78 is 27.0. The highest BCUT2D eigenvalue weighted by atomic mass is 32.2. The molecule has 8 heteroatoms. The Kier molecular flexibility index (Phi) is 5.07. The van der Waals surface area contributed by atoms with Crippen LogP contribution in [0.5, 0.6) is 0 Å². The molecular formula is C18H24N2O5S. The van der Waals surface area contributed by atoms with Crippen LogP contribution in [0.4, 0.5) is 0 Å². The van der Waals surface area contributed by atoms with E-state index in [1.807, 2.05) is 0 Å². The normalized spacial score (nSPS) is 19.7. The number of carboxylic acids is 1. The van der Waals surface area contributed by atoms with Crippen LogP contribution < -0.4 is 4.72 Å². The number of aliphatic carboxylic acids is 1. The standard InChI is InChI=1S/C18H24N2O5S/c1-20(18(17(22)23)11-3-2-4-12-18)16(21)13-5-9-15(10-6-13)26(24,25)19-14-7-8-14/h5-6,9-10,14,19H,2-4,7-8,11-12H2,1H3,(H,22,23). The summed E-state index contributed by atoms with van der Waals surface area (Å²) in [5.41, 5.74) is -0.905. The molecule has 7 nitrogen and oxygen atoms in total. The monoisotopic (exact) mass is 380 g/mol. The Hall–Kier alpha value is -1.93. The van der Waals surface area contributed by atoms with Crippen molar-refractivity contribution in [3.63, 3.8) is 0 Å². The number of nitrogens with one attached hydrogen (secondary N) is 1. The molecule has 0 unspecified atom stereocenters. The number of likely N-dealkylation sites (N-methyl/N-ethyl adjacent to an activating group) is 1. The Morgan fingerprint density at radius 2 is 1.69 bits per heavy atom. The zero-order chi connectivity index (χ0) is 18.9. The maximum absolute atomic E-state index is 12.8. The van der Waals surface area contributed by atoms with Gasteiger partial charge in [-0.3, -0.25) is 4.79 Å². The molecule has 0 aliphatic heterocycles. The molecule has 1 aromatic carbocycles. The molecule has 0 aromatic heterocycles. The van der Waals surface area contributed by atoms with Gasteiger partial charge in [0.05, 0.1) is 4.90 Å². The van der Waals surface area contributed by atoms with Crippen LogP contribution in [0.25, 0.3) is 0 Å². The van der Waals surface area contributed by atoms with Crippen LogP contribution in [-0.2, 0) is 14.8 Å². The molecule has 1 amide bonds. The van der Waals surface area contributed by atoms with Gasteiger partial charge in [0, 0.05) is 18.7 Å². The summed E-state index contributed by atoms with van der Waals surface area (Å²) in [5.74, 6) is -1.39. The number of hydrogen-bond donors (Lipinski definition) is 2. The molecule has 2 N–H and O–H groups in total. The summed E-state index contributed by atoms with van der Waals surface area (Å²) in [6.07, 6.45) is 5.07. The number of carboxylic acid groups (broad SMARTS) is 1. The molecule has 2 saturated carbocycles. The van der Waals surface area contributed by atoms with Crippen molar-refractivity contribution in [1.29, 1.82) is 0 Å². The maximum Gasteiger partial charge on any atom is 0.329 e. The van der Waals surface area contributed by atoms with E-state index in [1.54, 1.807) is 0 Å². The van der Waals surface area contributed by atoms with Crippen molar-refractivity contribution >= 4 is 21.9 Å². The summed E-state index contributed by atoms with van der Waals surface area (Å²) in [4.78, 5) is 26.1. The summed E-state index contributed by atoms with van der Waals surface area (Å²) >= 11 is 0. The van der Waals surface area contributed by atoms with Crippen LogP contribution in [0.3, 0.4) is 0 Å². The van der Waals surface area contributed by atoms with Crippen molar-refractivity contribution in [3.8, 4) is 0 Å². The molecule has 26 heavy (non-hydrogen) atoms. The van der Waals surface area contributed by atoms with E-state index < -0.39 is 27.4 Å². The fourth-order valence-electron chi connectivity index (χ4n) is 3.48. The molecule has 0 saturated heterocycles. The van der Waals surface area contributed by atoms with Crippen molar-refractivity contribution < 1.29 is 23.1 Å². The van der Waals surface area contributed by atoms with Crippen LogP contribution in [-0.4, -0.2) is 48.9 Å². The van der Waals surface area contributed by atoms with Gasteiger partial charge in [0.1, 0.15) is 5.54 Å². The predicted octanol–water partition coefficient (Wildman–Crippen LogP) is 1.99. The lowest BCUT2D eigenvalue weighted by atomic mass is 9.80. The summed E-state index contributed by atoms with van der Waals surface area (Å²) in [6.45, 7) is 0. The van der Waals surface area contributed by atoms with Gasteiger partial charge in [-0.05, 0) is 49.9 Å². The van der Waals surface area contributed by atoms with Crippen molar-refractivity contribution in [3.05, 3.63) is 29.8 Å². The third-order valence-corrected chi connectivity index (χ3v) is 6.87. The highest BCUT2D eigenvalue weighted by Crippen LogP contribution is 2.34. The van der Waals surface area contributed by atoms with E-state index in [0.29, 0.717) is 12.8 Å². The molecule has 0 bridgehead atoms. The number of rotatable bonds is 6. The van der Waals surface area contributed by atoms with Gasteiger partial charge in [0.15, 0.2) is 0 Å². The number of amides is 1. The second-order valence-electron chi connectivity index (χ2n) is 7.18. The number of carbonyl (C=O) groups excluding carboxylic acids is 1. The second-order valence-corrected chi connectivity index (χ2v) is 8.90. The average Bonchev–Trinajstić information content (AvgIpc) is 3.44. The molecule has 0 atom stereocenters. The zero-order valence-corrected chi connectivity index (χ0v) is 15.6. The summed E-state index contributed by atoms with van der Waals surface area (Å²) in [6, 6.07) is 5.67. The quantitative estimate of drug-likeness (QED) is 0.785. The zero-order valence-electron chi connectivity index (χ0n) is 14.8. The van der Waals surface area contributed by atoms with Crippen LogP contribution in [0, 0.1) is 0 Å². The van der Waals surface area contributed by atoms with Gasteiger partial charge in [0.25, 0.3) is 5.91 Å². The minimum absolute atomic E-state index is 0.00849. The van der Waals surface area contributed by atoms with E-state index in [9.17, 15) is 23.1 Å². The maximum atomic E-state index is 12.8. The second kappa shape index (κ2) is 7.00. The summed E-state index contributed by atoms with van der Waals surface area (Å²) in [7, 11) is -2.06. The Labute approximate surface area is 153 Å². The lowest BCUT2D eigenvalue weighted by Crippen LogP contribution is -2.56. The minimum Gasteiger partial charge on any atom is -0.479 e. The Morgan fingerprint density at radius 1 is 1.12 bits per heavy atom. The number of benzene rings is 1. The molecule has 1 aromatic rings. The molecule has 0 spiro atoms. The Morgan fingerprint density at radius 3 is 2.19 bits per heavy atom. The Balaban J connectivity index is 1.79. The fraction of sp³-hybridized carbons (Fsp3) is 0.556. The van der Waals surface area contributed by atoms with Crippen LogP contribution in [0.2, 0.25) is 0 Å². The molecular weight excluding hydrogens is 356 g/mol. The third-order valence-electron chi connectivity index (χ3n) is 5.34. The van der Waals surface area contributed by atoms with Crippen LogP contribution >= 0.6 is 0 Å². The van der Waals surface area contributed by atoms with Gasteiger partial charge in [-0.15, -0.1) is 0 Å². The number of nitrogens with zero attached hydrogens (tertiary/aromatic N) is 1. The molecule has 2 fully saturated rings. The van der Waals surface area contributed by atoms with Crippen molar-refractivity contribution in [2.75, 3.05) is 7.05 Å². The van der Waals surface area contributed by atoms with Crippen LogP contribution in [0.1, 0.15) is 55.3 Å². The smallest absolute Gasteiger partial charge is 0.329 e. The largest absolute Gasteiger partial charge is 0.479 e. The first-order valence-corrected chi connectivity index (χ1v) is 10.4. The lowest BCUT2D eigenvalue weighted by Gasteiger charge is -2.41. The molecule has 142 valence electrons. The minimum atomic E-state index is -3.57. The van der Waals surface area contributed by atoms with Gasteiger partial charge < -0.3 is 10.0 Å². The third kappa shape index (κ3) is 3.61. The van der Waals surface area contributed by atoms with E-state index in [1.165, 1.54) is 36.2 Å². The van der Waals surface area contributed by atoms with Crippen molar-refractivity contribution in [2.45, 2.75) is 61.4 Å². The Bertz CT molecular complexity index is 793. The van der Waals surface area contributed by atoms with Gasteiger partial charge in [0.2, 0.25) is 10.0 Å². The topological polar surface area (TPSA) is 104 Å². The average molecular weight is 380 g/mol. The van der Waals surface area contributed by atoms with Gasteiger partial charge >= 0.3 is 5.97 Å². The first-order valence-electron chi connectivity index (χ1n) is 8.90. The first-order chi connectivity index (χ1) is 12.3.